The lowest BCUT2D eigenvalue weighted by Crippen LogP contribution is -2.42. The fraction of sp³-hybridized carbons (Fsp3) is 0.409. The van der Waals surface area contributed by atoms with E-state index >= 15 is 0 Å². The second-order valence-electron chi connectivity index (χ2n) is 7.77. The van der Waals surface area contributed by atoms with Crippen molar-refractivity contribution in [2.75, 3.05) is 20.6 Å². The summed E-state index contributed by atoms with van der Waals surface area (Å²) in [6, 6.07) is 17.8. The van der Waals surface area contributed by atoms with Crippen LogP contribution >= 0.6 is 0 Å². The topological polar surface area (TPSA) is 52.6 Å². The van der Waals surface area contributed by atoms with Gasteiger partial charge in [-0.15, -0.1) is 0 Å². The molecule has 1 saturated carbocycles. The molecule has 0 radical (unpaired) electrons. The standard InChI is InChI=1S/C22H28N2O2/c1-22(17-7-5-4-6-8-17)14-20(22)21(26)23-15-18(24(2)3)13-16-9-11-19(25)12-10-16/h4-12,18,20,25H,13-15H2,1-3H3,(H,23,26)/t18-,20-,22+/m0/s1. The summed E-state index contributed by atoms with van der Waals surface area (Å²) in [7, 11) is 4.06. The lowest BCUT2D eigenvalue weighted by atomic mass is 9.95. The Balaban J connectivity index is 1.56. The highest BCUT2D eigenvalue weighted by molar-refractivity contribution is 5.84. The summed E-state index contributed by atoms with van der Waals surface area (Å²) in [5, 5.41) is 12.6. The molecule has 3 rings (SSSR count). The van der Waals surface area contributed by atoms with Gasteiger partial charge in [-0.25, -0.2) is 0 Å². The van der Waals surface area contributed by atoms with Gasteiger partial charge >= 0.3 is 0 Å². The fourth-order valence-electron chi connectivity index (χ4n) is 3.57. The quantitative estimate of drug-likeness (QED) is 0.805. The number of amides is 1. The molecule has 1 fully saturated rings. The molecule has 0 aliphatic heterocycles. The minimum atomic E-state index is -0.0318. The first kappa shape index (κ1) is 18.5. The van der Waals surface area contributed by atoms with Gasteiger partial charge in [0.1, 0.15) is 5.75 Å². The van der Waals surface area contributed by atoms with Gasteiger partial charge in [-0.2, -0.15) is 0 Å². The molecule has 4 heteroatoms. The van der Waals surface area contributed by atoms with Crippen molar-refractivity contribution in [3.8, 4) is 5.75 Å². The molecule has 1 amide bonds. The average molecular weight is 352 g/mol. The third-order valence-corrected chi connectivity index (χ3v) is 5.64. The van der Waals surface area contributed by atoms with Gasteiger partial charge in [0, 0.05) is 23.9 Å². The van der Waals surface area contributed by atoms with Crippen LogP contribution in [-0.4, -0.2) is 42.6 Å². The third-order valence-electron chi connectivity index (χ3n) is 5.64. The summed E-state index contributed by atoms with van der Waals surface area (Å²) >= 11 is 0. The summed E-state index contributed by atoms with van der Waals surface area (Å²) in [5.74, 6) is 0.479. The monoisotopic (exact) mass is 352 g/mol. The van der Waals surface area contributed by atoms with Gasteiger partial charge in [0.2, 0.25) is 5.91 Å². The van der Waals surface area contributed by atoms with Gasteiger partial charge in [-0.1, -0.05) is 49.4 Å². The van der Waals surface area contributed by atoms with Crippen molar-refractivity contribution < 1.29 is 9.90 Å². The van der Waals surface area contributed by atoms with Crippen LogP contribution in [0.3, 0.4) is 0 Å². The van der Waals surface area contributed by atoms with Crippen molar-refractivity contribution in [3.05, 3.63) is 65.7 Å². The normalized spacial score (nSPS) is 22.8. The predicted molar refractivity (Wildman–Crippen MR) is 104 cm³/mol. The van der Waals surface area contributed by atoms with Crippen molar-refractivity contribution >= 4 is 5.91 Å². The van der Waals surface area contributed by atoms with Crippen molar-refractivity contribution in [2.24, 2.45) is 5.92 Å². The number of phenols is 1. The van der Waals surface area contributed by atoms with Gasteiger partial charge in [-0.3, -0.25) is 4.79 Å². The number of hydrogen-bond donors (Lipinski definition) is 2. The third kappa shape index (κ3) is 4.07. The van der Waals surface area contributed by atoms with Crippen LogP contribution in [0.4, 0.5) is 0 Å². The van der Waals surface area contributed by atoms with E-state index in [0.29, 0.717) is 6.54 Å². The highest BCUT2D eigenvalue weighted by Crippen LogP contribution is 2.53. The first-order chi connectivity index (χ1) is 12.4. The Morgan fingerprint density at radius 1 is 1.19 bits per heavy atom. The number of benzene rings is 2. The van der Waals surface area contributed by atoms with Gasteiger partial charge in [0.05, 0.1) is 0 Å². The van der Waals surface area contributed by atoms with Gasteiger partial charge in [0.25, 0.3) is 0 Å². The lowest BCUT2D eigenvalue weighted by Gasteiger charge is -2.25. The molecule has 0 bridgehead atoms. The summed E-state index contributed by atoms with van der Waals surface area (Å²) < 4.78 is 0. The summed E-state index contributed by atoms with van der Waals surface area (Å²) in [5.41, 5.74) is 2.36. The molecule has 0 spiro atoms. The first-order valence-electron chi connectivity index (χ1n) is 9.18. The van der Waals surface area contributed by atoms with Crippen LogP contribution < -0.4 is 5.32 Å². The Kier molecular flexibility index (Phi) is 5.33. The molecule has 0 unspecified atom stereocenters. The number of likely N-dealkylation sites (N-methyl/N-ethyl adjacent to an activating group) is 1. The number of aromatic hydroxyl groups is 1. The second-order valence-corrected chi connectivity index (χ2v) is 7.77. The highest BCUT2D eigenvalue weighted by Gasteiger charge is 2.55. The van der Waals surface area contributed by atoms with Crippen LogP contribution in [0, 0.1) is 5.92 Å². The molecular weight excluding hydrogens is 324 g/mol. The summed E-state index contributed by atoms with van der Waals surface area (Å²) in [4.78, 5) is 14.8. The van der Waals surface area contributed by atoms with E-state index in [1.54, 1.807) is 12.1 Å². The van der Waals surface area contributed by atoms with Crippen LogP contribution in [-0.2, 0) is 16.6 Å². The molecule has 1 aliphatic rings. The summed E-state index contributed by atoms with van der Waals surface area (Å²) in [6.45, 7) is 2.79. The maximum absolute atomic E-state index is 12.7. The Hall–Kier alpha value is -2.33. The zero-order chi connectivity index (χ0) is 18.7. The molecule has 4 nitrogen and oxygen atoms in total. The molecule has 2 aromatic rings. The number of nitrogens with zero attached hydrogens (tertiary/aromatic N) is 1. The molecule has 3 atom stereocenters. The Morgan fingerprint density at radius 2 is 1.85 bits per heavy atom. The zero-order valence-electron chi connectivity index (χ0n) is 15.8. The van der Waals surface area contributed by atoms with Gasteiger partial charge < -0.3 is 15.3 Å². The molecule has 0 saturated heterocycles. The van der Waals surface area contributed by atoms with Crippen molar-refractivity contribution in [1.82, 2.24) is 10.2 Å². The van der Waals surface area contributed by atoms with E-state index in [0.717, 1.165) is 18.4 Å². The molecule has 2 aromatic carbocycles. The zero-order valence-corrected chi connectivity index (χ0v) is 15.8. The maximum Gasteiger partial charge on any atom is 0.224 e. The number of hydrogen-bond acceptors (Lipinski definition) is 3. The molecular formula is C22H28N2O2. The number of rotatable bonds is 7. The Morgan fingerprint density at radius 3 is 2.46 bits per heavy atom. The van der Waals surface area contributed by atoms with E-state index < -0.39 is 0 Å². The lowest BCUT2D eigenvalue weighted by molar-refractivity contribution is -0.122. The largest absolute Gasteiger partial charge is 0.508 e. The highest BCUT2D eigenvalue weighted by atomic mass is 16.3. The van der Waals surface area contributed by atoms with E-state index in [1.165, 1.54) is 5.56 Å². The van der Waals surface area contributed by atoms with E-state index in [9.17, 15) is 9.90 Å². The van der Waals surface area contributed by atoms with Gasteiger partial charge in [-0.05, 0) is 50.2 Å². The van der Waals surface area contributed by atoms with E-state index in [-0.39, 0.29) is 29.0 Å². The maximum atomic E-state index is 12.7. The number of nitrogens with one attached hydrogen (secondary N) is 1. The second kappa shape index (κ2) is 7.50. The SMILES string of the molecule is CN(C)[C@H](CNC(=O)[C@@H]1C[C@]1(C)c1ccccc1)Cc1ccc(O)cc1. The summed E-state index contributed by atoms with van der Waals surface area (Å²) in [6.07, 6.45) is 1.74. The molecule has 26 heavy (non-hydrogen) atoms. The van der Waals surface area contributed by atoms with Crippen molar-refractivity contribution in [2.45, 2.75) is 31.2 Å². The number of carbonyl (C=O) groups is 1. The minimum Gasteiger partial charge on any atom is -0.508 e. The van der Waals surface area contributed by atoms with Crippen LogP contribution in [0.25, 0.3) is 0 Å². The molecule has 1 aliphatic carbocycles. The van der Waals surface area contributed by atoms with Crippen LogP contribution in [0.5, 0.6) is 5.75 Å². The molecule has 0 heterocycles. The van der Waals surface area contributed by atoms with E-state index in [1.807, 2.05) is 44.4 Å². The molecule has 138 valence electrons. The minimum absolute atomic E-state index is 0.0318. The van der Waals surface area contributed by atoms with Crippen molar-refractivity contribution in [1.29, 1.82) is 0 Å². The fourth-order valence-corrected chi connectivity index (χ4v) is 3.57. The molecule has 0 aromatic heterocycles. The number of carbonyl (C=O) groups excluding carboxylic acids is 1. The Labute approximate surface area is 155 Å². The van der Waals surface area contributed by atoms with Crippen LogP contribution in [0.1, 0.15) is 24.5 Å². The van der Waals surface area contributed by atoms with Gasteiger partial charge in [0.15, 0.2) is 0 Å². The van der Waals surface area contributed by atoms with E-state index in [4.69, 9.17) is 0 Å². The average Bonchev–Trinajstić information content (AvgIpc) is 3.34. The van der Waals surface area contributed by atoms with Crippen molar-refractivity contribution in [3.63, 3.8) is 0 Å². The smallest absolute Gasteiger partial charge is 0.224 e. The Bertz CT molecular complexity index is 742. The first-order valence-corrected chi connectivity index (χ1v) is 9.18. The predicted octanol–water partition coefficient (Wildman–Crippen LogP) is 2.96. The van der Waals surface area contributed by atoms with Crippen LogP contribution in [0.15, 0.2) is 54.6 Å². The van der Waals surface area contributed by atoms with Crippen LogP contribution in [0.2, 0.25) is 0 Å². The molecule has 2 N–H and O–H groups in total. The van der Waals surface area contributed by atoms with E-state index in [2.05, 4.69) is 29.3 Å². The number of phenolic OH excluding ortho intramolecular Hbond substituents is 1.